The summed E-state index contributed by atoms with van der Waals surface area (Å²) < 4.78 is 11.3. The maximum atomic E-state index is 13.2. The van der Waals surface area contributed by atoms with E-state index in [1.807, 2.05) is 0 Å². The van der Waals surface area contributed by atoms with Gasteiger partial charge in [0.1, 0.15) is 22.4 Å². The van der Waals surface area contributed by atoms with Crippen molar-refractivity contribution in [3.63, 3.8) is 0 Å². The highest BCUT2D eigenvalue weighted by atomic mass is 35.5. The minimum Gasteiger partial charge on any atom is -0.459 e. The van der Waals surface area contributed by atoms with Crippen LogP contribution < -0.4 is 10.9 Å². The van der Waals surface area contributed by atoms with Gasteiger partial charge in [-0.25, -0.2) is 9.78 Å². The monoisotopic (exact) mass is 497 g/mol. The topological polar surface area (TPSA) is 99.5 Å². The molecular weight excluding hydrogens is 477 g/mol. The predicted molar refractivity (Wildman–Crippen MR) is 125 cm³/mol. The molecule has 2 heterocycles. The van der Waals surface area contributed by atoms with Gasteiger partial charge in [0, 0.05) is 12.1 Å². The smallest absolute Gasteiger partial charge is 0.348 e. The van der Waals surface area contributed by atoms with E-state index in [-0.39, 0.29) is 23.6 Å². The number of thiophene rings is 1. The Morgan fingerprint density at radius 3 is 2.69 bits per heavy atom. The molecule has 1 amide bonds. The highest BCUT2D eigenvalue weighted by Crippen LogP contribution is 2.29. The quantitative estimate of drug-likeness (QED) is 0.364. The van der Waals surface area contributed by atoms with Crippen molar-refractivity contribution in [2.45, 2.75) is 26.3 Å². The first kappa shape index (κ1) is 24.2. The number of ether oxygens (including phenoxy) is 2. The second kappa shape index (κ2) is 10.4. The molecule has 1 aromatic carbocycles. The lowest BCUT2D eigenvalue weighted by atomic mass is 10.1. The molecule has 0 radical (unpaired) electrons. The number of aromatic nitrogens is 2. The average molecular weight is 498 g/mol. The van der Waals surface area contributed by atoms with Crippen LogP contribution in [0.3, 0.4) is 0 Å². The molecular formula is C21H21Cl2N3O5S. The lowest BCUT2D eigenvalue weighted by Crippen LogP contribution is -2.33. The molecule has 170 valence electrons. The fourth-order valence-electron chi connectivity index (χ4n) is 3.15. The van der Waals surface area contributed by atoms with Gasteiger partial charge in [0.2, 0.25) is 5.91 Å². The Morgan fingerprint density at radius 1 is 1.28 bits per heavy atom. The molecule has 0 spiro atoms. The average Bonchev–Trinajstić information content (AvgIpc) is 3.09. The Balaban J connectivity index is 1.93. The number of hydrogen-bond donors (Lipinski definition) is 1. The highest BCUT2D eigenvalue weighted by Gasteiger charge is 2.25. The maximum absolute atomic E-state index is 13.2. The Bertz CT molecular complexity index is 1220. The third kappa shape index (κ3) is 4.96. The standard InChI is InChI=1S/C21H21Cl2N3O5S/c1-4-15(18(27)25-14-6-5-12(22)9-13(14)23)26-10-24-19-16(20(26)28)11(2)17(32-19)21(29)31-8-7-30-3/h5-6,9-10,15H,4,7-8H2,1-3H3,(H,25,27). The van der Waals surface area contributed by atoms with E-state index in [4.69, 9.17) is 32.7 Å². The van der Waals surface area contributed by atoms with Gasteiger partial charge in [-0.1, -0.05) is 30.1 Å². The van der Waals surface area contributed by atoms with E-state index in [1.165, 1.54) is 24.1 Å². The number of aryl methyl sites for hydroxylation is 1. The number of carbonyl (C=O) groups is 2. The number of fused-ring (bicyclic) bond motifs is 1. The van der Waals surface area contributed by atoms with E-state index >= 15 is 0 Å². The number of methoxy groups -OCH3 is 1. The molecule has 3 rings (SSSR count). The van der Waals surface area contributed by atoms with Crippen LogP contribution >= 0.6 is 34.5 Å². The summed E-state index contributed by atoms with van der Waals surface area (Å²) in [5, 5.41) is 3.74. The van der Waals surface area contributed by atoms with Crippen molar-refractivity contribution in [1.29, 1.82) is 0 Å². The fourth-order valence-corrected chi connectivity index (χ4v) is 4.64. The van der Waals surface area contributed by atoms with Crippen LogP contribution in [0.4, 0.5) is 5.69 Å². The first-order valence-electron chi connectivity index (χ1n) is 9.70. The number of anilines is 1. The van der Waals surface area contributed by atoms with E-state index in [0.29, 0.717) is 32.4 Å². The molecule has 0 aliphatic rings. The van der Waals surface area contributed by atoms with Crippen molar-refractivity contribution in [3.05, 3.63) is 55.4 Å². The van der Waals surface area contributed by atoms with Gasteiger partial charge in [-0.3, -0.25) is 14.2 Å². The summed E-state index contributed by atoms with van der Waals surface area (Å²) in [6.07, 6.45) is 1.65. The van der Waals surface area contributed by atoms with Crippen LogP contribution in [-0.2, 0) is 14.3 Å². The molecule has 3 aromatic rings. The maximum Gasteiger partial charge on any atom is 0.348 e. The minimum absolute atomic E-state index is 0.103. The molecule has 1 unspecified atom stereocenters. The van der Waals surface area contributed by atoms with Crippen LogP contribution in [0.15, 0.2) is 29.3 Å². The summed E-state index contributed by atoms with van der Waals surface area (Å²) in [5.41, 5.74) is 0.438. The van der Waals surface area contributed by atoms with Gasteiger partial charge in [-0.2, -0.15) is 0 Å². The lowest BCUT2D eigenvalue weighted by Gasteiger charge is -2.18. The summed E-state index contributed by atoms with van der Waals surface area (Å²) in [5.74, 6) is -0.970. The van der Waals surface area contributed by atoms with Gasteiger partial charge in [0.15, 0.2) is 0 Å². The zero-order chi connectivity index (χ0) is 23.4. The van der Waals surface area contributed by atoms with Gasteiger partial charge in [-0.05, 0) is 37.1 Å². The van der Waals surface area contributed by atoms with Crippen LogP contribution in [0.25, 0.3) is 10.2 Å². The Kier molecular flexibility index (Phi) is 7.89. The normalized spacial score (nSPS) is 12.0. The minimum atomic E-state index is -0.831. The van der Waals surface area contributed by atoms with E-state index in [2.05, 4.69) is 10.3 Å². The van der Waals surface area contributed by atoms with Crippen molar-refractivity contribution in [1.82, 2.24) is 9.55 Å². The number of halogens is 2. The van der Waals surface area contributed by atoms with Crippen LogP contribution in [-0.4, -0.2) is 41.8 Å². The molecule has 0 fully saturated rings. The molecule has 0 saturated heterocycles. The lowest BCUT2D eigenvalue weighted by molar-refractivity contribution is -0.119. The van der Waals surface area contributed by atoms with E-state index in [0.717, 1.165) is 11.3 Å². The Hall–Kier alpha value is -2.46. The molecule has 1 N–H and O–H groups in total. The fraction of sp³-hybridized carbons (Fsp3) is 0.333. The zero-order valence-corrected chi connectivity index (χ0v) is 19.9. The Labute approximate surface area is 198 Å². The number of esters is 1. The van der Waals surface area contributed by atoms with Crippen molar-refractivity contribution in [3.8, 4) is 0 Å². The number of nitrogens with one attached hydrogen (secondary N) is 1. The number of hydrogen-bond acceptors (Lipinski definition) is 7. The third-order valence-corrected chi connectivity index (χ3v) is 6.52. The molecule has 0 bridgehead atoms. The number of benzene rings is 1. The zero-order valence-electron chi connectivity index (χ0n) is 17.6. The summed E-state index contributed by atoms with van der Waals surface area (Å²) in [7, 11) is 1.51. The van der Waals surface area contributed by atoms with Gasteiger partial charge < -0.3 is 14.8 Å². The number of carbonyl (C=O) groups excluding carboxylic acids is 2. The predicted octanol–water partition coefficient (Wildman–Crippen LogP) is 4.47. The largest absolute Gasteiger partial charge is 0.459 e. The van der Waals surface area contributed by atoms with E-state index in [1.54, 1.807) is 26.0 Å². The molecule has 32 heavy (non-hydrogen) atoms. The molecule has 8 nitrogen and oxygen atoms in total. The highest BCUT2D eigenvalue weighted by molar-refractivity contribution is 7.20. The number of amides is 1. The summed E-state index contributed by atoms with van der Waals surface area (Å²) in [6.45, 7) is 3.81. The SMILES string of the molecule is CCC(C(=O)Nc1ccc(Cl)cc1Cl)n1cnc2sc(C(=O)OCCOC)c(C)c2c1=O. The number of nitrogens with zero attached hydrogens (tertiary/aromatic N) is 2. The molecule has 0 saturated carbocycles. The van der Waals surface area contributed by atoms with Gasteiger partial charge in [0.05, 0.1) is 29.0 Å². The Morgan fingerprint density at radius 2 is 2.03 bits per heavy atom. The molecule has 2 aromatic heterocycles. The summed E-state index contributed by atoms with van der Waals surface area (Å²) in [6, 6.07) is 3.87. The van der Waals surface area contributed by atoms with Crippen molar-refractivity contribution in [2.75, 3.05) is 25.6 Å². The van der Waals surface area contributed by atoms with E-state index in [9.17, 15) is 14.4 Å². The summed E-state index contributed by atoms with van der Waals surface area (Å²) >= 11 is 13.1. The summed E-state index contributed by atoms with van der Waals surface area (Å²) in [4.78, 5) is 43.6. The first-order chi connectivity index (χ1) is 15.3. The second-order valence-corrected chi connectivity index (χ2v) is 8.70. The molecule has 0 aliphatic carbocycles. The van der Waals surface area contributed by atoms with Crippen molar-refractivity contribution in [2.24, 2.45) is 0 Å². The van der Waals surface area contributed by atoms with Crippen LogP contribution in [0.5, 0.6) is 0 Å². The first-order valence-corrected chi connectivity index (χ1v) is 11.3. The van der Waals surface area contributed by atoms with Crippen LogP contribution in [0.2, 0.25) is 10.0 Å². The molecule has 0 aliphatic heterocycles. The van der Waals surface area contributed by atoms with Crippen molar-refractivity contribution < 1.29 is 19.1 Å². The van der Waals surface area contributed by atoms with Crippen LogP contribution in [0, 0.1) is 6.92 Å². The van der Waals surface area contributed by atoms with Gasteiger partial charge >= 0.3 is 5.97 Å². The number of rotatable bonds is 8. The second-order valence-electron chi connectivity index (χ2n) is 6.86. The molecule has 11 heteroatoms. The van der Waals surface area contributed by atoms with Crippen LogP contribution in [0.1, 0.15) is 34.6 Å². The van der Waals surface area contributed by atoms with E-state index < -0.39 is 23.5 Å². The van der Waals surface area contributed by atoms with Gasteiger partial charge in [0.25, 0.3) is 5.56 Å². The molecule has 1 atom stereocenters. The van der Waals surface area contributed by atoms with Crippen molar-refractivity contribution >= 4 is 62.3 Å². The van der Waals surface area contributed by atoms with Gasteiger partial charge in [-0.15, -0.1) is 11.3 Å². The third-order valence-electron chi connectivity index (χ3n) is 4.80.